The molecule has 0 saturated heterocycles. The van der Waals surface area contributed by atoms with Gasteiger partial charge in [-0.15, -0.1) is 0 Å². The normalized spacial score (nSPS) is 11.1. The number of rotatable bonds is 3. The van der Waals surface area contributed by atoms with E-state index < -0.39 is 17.6 Å². The van der Waals surface area contributed by atoms with Crippen molar-refractivity contribution in [3.63, 3.8) is 0 Å². The van der Waals surface area contributed by atoms with Crippen LogP contribution in [-0.2, 0) is 6.54 Å². The van der Waals surface area contributed by atoms with Crippen molar-refractivity contribution >= 4 is 17.0 Å². The minimum absolute atomic E-state index is 0.0293. The van der Waals surface area contributed by atoms with Crippen LogP contribution in [0.2, 0.25) is 0 Å². The number of hydrogen-bond donors (Lipinski definition) is 1. The van der Waals surface area contributed by atoms with Gasteiger partial charge >= 0.3 is 5.97 Å². The van der Waals surface area contributed by atoms with Gasteiger partial charge in [-0.3, -0.25) is 0 Å². The van der Waals surface area contributed by atoms with Crippen molar-refractivity contribution in [3.05, 3.63) is 53.7 Å². The van der Waals surface area contributed by atoms with Crippen LogP contribution in [0.1, 0.15) is 16.1 Å². The van der Waals surface area contributed by atoms with Crippen molar-refractivity contribution in [1.29, 1.82) is 0 Å². The summed E-state index contributed by atoms with van der Waals surface area (Å²) in [7, 11) is 0. The van der Waals surface area contributed by atoms with Gasteiger partial charge in [0.15, 0.2) is 11.6 Å². The molecule has 0 aliphatic heterocycles. The van der Waals surface area contributed by atoms with E-state index in [-0.39, 0.29) is 12.1 Å². The number of aromatic carboxylic acids is 1. The number of aromatic nitrogens is 2. The predicted molar refractivity (Wildman–Crippen MR) is 64.4 cm³/mol. The SMILES string of the molecule is O=C(O)c1coc(Cn2cnc3cc(F)c(F)cc32)c1. The summed E-state index contributed by atoms with van der Waals surface area (Å²) in [5, 5.41) is 8.79. The highest BCUT2D eigenvalue weighted by atomic mass is 19.2. The molecule has 102 valence electrons. The maximum absolute atomic E-state index is 13.2. The number of halogens is 2. The van der Waals surface area contributed by atoms with Gasteiger partial charge in [-0.05, 0) is 6.07 Å². The predicted octanol–water partition coefficient (Wildman–Crippen LogP) is 2.65. The Kier molecular flexibility index (Phi) is 2.74. The maximum Gasteiger partial charge on any atom is 0.338 e. The molecular weight excluding hydrogens is 270 g/mol. The highest BCUT2D eigenvalue weighted by Gasteiger charge is 2.12. The number of fused-ring (bicyclic) bond motifs is 1. The third-order valence-electron chi connectivity index (χ3n) is 2.89. The van der Waals surface area contributed by atoms with E-state index in [0.717, 1.165) is 18.4 Å². The summed E-state index contributed by atoms with van der Waals surface area (Å²) >= 11 is 0. The van der Waals surface area contributed by atoms with Crippen LogP contribution in [0.25, 0.3) is 11.0 Å². The second kappa shape index (κ2) is 4.44. The number of furan rings is 1. The zero-order valence-electron chi connectivity index (χ0n) is 10.0. The molecule has 0 aliphatic rings. The number of carboxylic acid groups (broad SMARTS) is 1. The van der Waals surface area contributed by atoms with Crippen molar-refractivity contribution in [1.82, 2.24) is 9.55 Å². The summed E-state index contributed by atoms with van der Waals surface area (Å²) in [5.41, 5.74) is 0.743. The average Bonchev–Trinajstić information content (AvgIpc) is 3.00. The van der Waals surface area contributed by atoms with Gasteiger partial charge < -0.3 is 14.1 Å². The summed E-state index contributed by atoms with van der Waals surface area (Å²) in [6.45, 7) is 0.175. The number of imidazole rings is 1. The first-order valence-electron chi connectivity index (χ1n) is 5.65. The number of carbonyl (C=O) groups is 1. The Labute approximate surface area is 111 Å². The van der Waals surface area contributed by atoms with Gasteiger partial charge in [-0.2, -0.15) is 0 Å². The Morgan fingerprint density at radius 1 is 1.30 bits per heavy atom. The lowest BCUT2D eigenvalue weighted by molar-refractivity contribution is 0.0696. The first-order chi connectivity index (χ1) is 9.54. The third-order valence-corrected chi connectivity index (χ3v) is 2.89. The van der Waals surface area contributed by atoms with E-state index in [4.69, 9.17) is 9.52 Å². The molecule has 20 heavy (non-hydrogen) atoms. The number of carboxylic acids is 1. The van der Waals surface area contributed by atoms with E-state index in [9.17, 15) is 13.6 Å². The van der Waals surface area contributed by atoms with Crippen LogP contribution < -0.4 is 0 Å². The van der Waals surface area contributed by atoms with E-state index in [0.29, 0.717) is 16.8 Å². The number of benzene rings is 1. The molecule has 0 spiro atoms. The minimum Gasteiger partial charge on any atom is -0.478 e. The molecule has 0 bridgehead atoms. The molecule has 0 fully saturated rings. The van der Waals surface area contributed by atoms with Gasteiger partial charge in [0.25, 0.3) is 0 Å². The monoisotopic (exact) mass is 278 g/mol. The van der Waals surface area contributed by atoms with Gasteiger partial charge in [-0.1, -0.05) is 0 Å². The van der Waals surface area contributed by atoms with Gasteiger partial charge in [0.2, 0.25) is 0 Å². The van der Waals surface area contributed by atoms with E-state index in [1.807, 2.05) is 0 Å². The zero-order chi connectivity index (χ0) is 14.3. The summed E-state index contributed by atoms with van der Waals surface area (Å²) in [6, 6.07) is 3.42. The van der Waals surface area contributed by atoms with E-state index in [1.165, 1.54) is 12.4 Å². The molecule has 0 radical (unpaired) electrons. The summed E-state index contributed by atoms with van der Waals surface area (Å²) in [5.74, 6) is -2.64. The first-order valence-corrected chi connectivity index (χ1v) is 5.65. The lowest BCUT2D eigenvalue weighted by Gasteiger charge is -2.01. The van der Waals surface area contributed by atoms with Crippen molar-refractivity contribution in [2.45, 2.75) is 6.54 Å². The third kappa shape index (κ3) is 2.03. The molecule has 5 nitrogen and oxygen atoms in total. The molecule has 3 rings (SSSR count). The molecule has 2 aromatic heterocycles. The fraction of sp³-hybridized carbons (Fsp3) is 0.0769. The van der Waals surface area contributed by atoms with Crippen LogP contribution >= 0.6 is 0 Å². The lowest BCUT2D eigenvalue weighted by atomic mass is 10.3. The smallest absolute Gasteiger partial charge is 0.338 e. The molecule has 1 N–H and O–H groups in total. The van der Waals surface area contributed by atoms with Crippen LogP contribution in [0.5, 0.6) is 0 Å². The molecule has 3 aromatic rings. The zero-order valence-corrected chi connectivity index (χ0v) is 10.0. The van der Waals surface area contributed by atoms with E-state index in [1.54, 1.807) is 4.57 Å². The highest BCUT2D eigenvalue weighted by molar-refractivity contribution is 5.87. The molecule has 0 saturated carbocycles. The second-order valence-corrected chi connectivity index (χ2v) is 4.23. The van der Waals surface area contributed by atoms with Crippen molar-refractivity contribution in [3.8, 4) is 0 Å². The molecular formula is C13H8F2N2O3. The van der Waals surface area contributed by atoms with Gasteiger partial charge in [0, 0.05) is 12.1 Å². The van der Waals surface area contributed by atoms with Crippen molar-refractivity contribution in [2.24, 2.45) is 0 Å². The fourth-order valence-electron chi connectivity index (χ4n) is 1.92. The molecule has 0 aliphatic carbocycles. The van der Waals surface area contributed by atoms with E-state index >= 15 is 0 Å². The first kappa shape index (κ1) is 12.3. The lowest BCUT2D eigenvalue weighted by Crippen LogP contribution is -1.98. The summed E-state index contributed by atoms with van der Waals surface area (Å²) in [4.78, 5) is 14.7. The topological polar surface area (TPSA) is 68.3 Å². The average molecular weight is 278 g/mol. The van der Waals surface area contributed by atoms with E-state index in [2.05, 4.69) is 4.98 Å². The second-order valence-electron chi connectivity index (χ2n) is 4.23. The largest absolute Gasteiger partial charge is 0.478 e. The van der Waals surface area contributed by atoms with Crippen molar-refractivity contribution < 1.29 is 23.1 Å². The maximum atomic E-state index is 13.2. The molecule has 7 heteroatoms. The van der Waals surface area contributed by atoms with Gasteiger partial charge in [0.05, 0.1) is 29.5 Å². The molecule has 0 amide bonds. The Balaban J connectivity index is 1.98. The minimum atomic E-state index is -1.09. The summed E-state index contributed by atoms with van der Waals surface area (Å²) < 4.78 is 33.0. The quantitative estimate of drug-likeness (QED) is 0.799. The van der Waals surface area contributed by atoms with Crippen LogP contribution in [0.4, 0.5) is 8.78 Å². The number of hydrogen-bond acceptors (Lipinski definition) is 3. The van der Waals surface area contributed by atoms with Gasteiger partial charge in [0.1, 0.15) is 12.0 Å². The Morgan fingerprint density at radius 3 is 2.75 bits per heavy atom. The number of nitrogens with zero attached hydrogens (tertiary/aromatic N) is 2. The van der Waals surface area contributed by atoms with Gasteiger partial charge in [-0.25, -0.2) is 18.6 Å². The Bertz CT molecular complexity index is 807. The fourth-order valence-corrected chi connectivity index (χ4v) is 1.92. The van der Waals surface area contributed by atoms with Crippen LogP contribution in [0.3, 0.4) is 0 Å². The molecule has 2 heterocycles. The molecule has 0 atom stereocenters. The molecule has 1 aromatic carbocycles. The Hall–Kier alpha value is -2.70. The molecule has 0 unspecified atom stereocenters. The Morgan fingerprint density at radius 2 is 2.05 bits per heavy atom. The summed E-state index contributed by atoms with van der Waals surface area (Å²) in [6.07, 6.45) is 2.53. The van der Waals surface area contributed by atoms with Crippen LogP contribution in [0.15, 0.2) is 35.2 Å². The van der Waals surface area contributed by atoms with Crippen LogP contribution in [-0.4, -0.2) is 20.6 Å². The highest BCUT2D eigenvalue weighted by Crippen LogP contribution is 2.19. The van der Waals surface area contributed by atoms with Crippen molar-refractivity contribution in [2.75, 3.05) is 0 Å². The standard InChI is InChI=1S/C13H8F2N2O3/c14-9-2-11-12(3-10(9)15)17(6-16-11)4-8-1-7(5-20-8)13(18)19/h1-3,5-6H,4H2,(H,18,19). The van der Waals surface area contributed by atoms with Crippen LogP contribution in [0, 0.1) is 11.6 Å².